The maximum absolute atomic E-state index is 11.5. The summed E-state index contributed by atoms with van der Waals surface area (Å²) < 4.78 is 9.95. The third-order valence-electron chi connectivity index (χ3n) is 4.80. The molecule has 0 aliphatic heterocycles. The predicted octanol–water partition coefficient (Wildman–Crippen LogP) is -0.0261. The van der Waals surface area contributed by atoms with E-state index in [4.69, 9.17) is 4.74 Å². The number of ether oxygens (including phenoxy) is 2. The number of hydrogen-bond donors (Lipinski definition) is 5. The number of thiophene rings is 1. The van der Waals surface area contributed by atoms with Crippen LogP contribution in [0.25, 0.3) is 10.4 Å². The molecule has 2 aromatic rings. The fraction of sp³-hybridized carbons (Fsp3) is 0.389. The van der Waals surface area contributed by atoms with Gasteiger partial charge < -0.3 is 35.0 Å². The summed E-state index contributed by atoms with van der Waals surface area (Å²) in [7, 11) is 1.31. The number of methoxy groups -OCH3 is 1. The molecule has 9 heteroatoms. The maximum atomic E-state index is 11.5. The first-order valence-electron chi connectivity index (χ1n) is 8.14. The van der Waals surface area contributed by atoms with Gasteiger partial charge in [-0.1, -0.05) is 0 Å². The van der Waals surface area contributed by atoms with Gasteiger partial charge in [0.05, 0.1) is 25.4 Å². The van der Waals surface area contributed by atoms with E-state index in [1.807, 2.05) is 0 Å². The third-order valence-corrected chi connectivity index (χ3v) is 5.78. The summed E-state index contributed by atoms with van der Waals surface area (Å²) >= 11 is 1.37. The van der Waals surface area contributed by atoms with Crippen LogP contribution in [0.5, 0.6) is 5.75 Å². The lowest BCUT2D eigenvalue weighted by Gasteiger charge is -2.53. The lowest BCUT2D eigenvalue weighted by atomic mass is 9.64. The van der Waals surface area contributed by atoms with Crippen molar-refractivity contribution in [3.8, 4) is 16.2 Å². The molecule has 1 fully saturated rings. The number of carbonyl (C=O) groups excluding carboxylic acids is 1. The number of benzene rings is 1. The number of hydrogen-bond acceptors (Lipinski definition) is 9. The van der Waals surface area contributed by atoms with Gasteiger partial charge in [-0.15, -0.1) is 11.3 Å². The second kappa shape index (κ2) is 7.55. The van der Waals surface area contributed by atoms with Crippen molar-refractivity contribution in [2.24, 2.45) is 5.92 Å². The molecule has 1 saturated carbocycles. The van der Waals surface area contributed by atoms with Gasteiger partial charge in [0, 0.05) is 16.2 Å². The second-order valence-electron chi connectivity index (χ2n) is 6.30. The third kappa shape index (κ3) is 3.33. The number of carbonyl (C=O) groups is 1. The highest BCUT2D eigenvalue weighted by Crippen LogP contribution is 2.42. The summed E-state index contributed by atoms with van der Waals surface area (Å²) in [5, 5.41) is 50.7. The molecule has 1 heterocycles. The molecule has 0 spiro atoms. The first-order valence-corrected chi connectivity index (χ1v) is 9.02. The van der Waals surface area contributed by atoms with E-state index in [1.165, 1.54) is 18.4 Å². The minimum atomic E-state index is -2.17. The topological polar surface area (TPSA) is 137 Å². The van der Waals surface area contributed by atoms with Crippen LogP contribution >= 0.6 is 11.3 Å². The van der Waals surface area contributed by atoms with E-state index in [0.29, 0.717) is 5.56 Å². The molecular formula is C18H20O8S. The van der Waals surface area contributed by atoms with Gasteiger partial charge in [0.25, 0.3) is 0 Å². The van der Waals surface area contributed by atoms with Crippen LogP contribution in [-0.2, 0) is 4.74 Å². The van der Waals surface area contributed by atoms with Crippen LogP contribution in [0.1, 0.15) is 10.4 Å². The van der Waals surface area contributed by atoms with Crippen molar-refractivity contribution in [1.29, 1.82) is 0 Å². The zero-order chi connectivity index (χ0) is 19.8. The highest BCUT2D eigenvalue weighted by atomic mass is 32.1. The number of aliphatic hydroxyl groups excluding tert-OH is 4. The Labute approximate surface area is 158 Å². The summed E-state index contributed by atoms with van der Waals surface area (Å²) in [5.41, 5.74) is -0.915. The van der Waals surface area contributed by atoms with Gasteiger partial charge in [-0.3, -0.25) is 0 Å². The lowest BCUT2D eigenvalue weighted by molar-refractivity contribution is -0.332. The van der Waals surface area contributed by atoms with Gasteiger partial charge in [0.15, 0.2) is 5.60 Å². The molecule has 5 atom stereocenters. The monoisotopic (exact) mass is 396 g/mol. The molecule has 5 N–H and O–H groups in total. The van der Waals surface area contributed by atoms with Crippen LogP contribution in [0.3, 0.4) is 0 Å². The molecular weight excluding hydrogens is 376 g/mol. The van der Waals surface area contributed by atoms with Crippen LogP contribution in [-0.4, -0.2) is 69.3 Å². The van der Waals surface area contributed by atoms with Crippen molar-refractivity contribution in [1.82, 2.24) is 0 Å². The SMILES string of the molecule is COC(=O)c1csc(-c2ccc(OC(O)C3(O)C(O)C(O)C3CO)cc2)c1. The Morgan fingerprint density at radius 1 is 1.30 bits per heavy atom. The van der Waals surface area contributed by atoms with Crippen LogP contribution in [0.2, 0.25) is 0 Å². The average Bonchev–Trinajstić information content (AvgIpc) is 3.17. The molecule has 1 aliphatic rings. The highest BCUT2D eigenvalue weighted by molar-refractivity contribution is 7.13. The van der Waals surface area contributed by atoms with E-state index in [2.05, 4.69) is 4.74 Å². The highest BCUT2D eigenvalue weighted by Gasteiger charge is 2.65. The van der Waals surface area contributed by atoms with Crippen molar-refractivity contribution in [3.63, 3.8) is 0 Å². The summed E-state index contributed by atoms with van der Waals surface area (Å²) in [6, 6.07) is 8.20. The van der Waals surface area contributed by atoms with Crippen molar-refractivity contribution in [2.75, 3.05) is 13.7 Å². The fourth-order valence-electron chi connectivity index (χ4n) is 3.08. The Kier molecular flexibility index (Phi) is 5.52. The number of aliphatic hydroxyl groups is 5. The molecule has 27 heavy (non-hydrogen) atoms. The van der Waals surface area contributed by atoms with Gasteiger partial charge in [0.1, 0.15) is 11.9 Å². The zero-order valence-electron chi connectivity index (χ0n) is 14.3. The fourth-order valence-corrected chi connectivity index (χ4v) is 3.97. The Morgan fingerprint density at radius 3 is 2.56 bits per heavy atom. The van der Waals surface area contributed by atoms with Crippen LogP contribution in [0, 0.1) is 5.92 Å². The Balaban J connectivity index is 1.71. The smallest absolute Gasteiger partial charge is 0.338 e. The lowest BCUT2D eigenvalue weighted by Crippen LogP contribution is -2.76. The Hall–Kier alpha value is -2.01. The minimum Gasteiger partial charge on any atom is -0.465 e. The van der Waals surface area contributed by atoms with Crippen molar-refractivity contribution >= 4 is 17.3 Å². The molecule has 1 aromatic carbocycles. The molecule has 0 saturated heterocycles. The maximum Gasteiger partial charge on any atom is 0.338 e. The normalized spacial score (nSPS) is 28.3. The molecule has 0 bridgehead atoms. The van der Waals surface area contributed by atoms with Crippen LogP contribution in [0.15, 0.2) is 35.7 Å². The Bertz CT molecular complexity index is 804. The molecule has 0 amide bonds. The molecule has 5 unspecified atom stereocenters. The first kappa shape index (κ1) is 19.7. The quantitative estimate of drug-likeness (QED) is 0.339. The summed E-state index contributed by atoms with van der Waals surface area (Å²) in [4.78, 5) is 12.4. The Morgan fingerprint density at radius 2 is 1.96 bits per heavy atom. The van der Waals surface area contributed by atoms with Crippen molar-refractivity contribution < 1.29 is 39.8 Å². The first-order chi connectivity index (χ1) is 12.8. The van der Waals surface area contributed by atoms with Gasteiger partial charge >= 0.3 is 5.97 Å². The van der Waals surface area contributed by atoms with E-state index >= 15 is 0 Å². The van der Waals surface area contributed by atoms with Gasteiger partial charge in [-0.05, 0) is 35.9 Å². The van der Waals surface area contributed by atoms with Crippen LogP contribution in [0.4, 0.5) is 0 Å². The molecule has 3 rings (SSSR count). The molecule has 0 radical (unpaired) electrons. The van der Waals surface area contributed by atoms with E-state index < -0.39 is 42.6 Å². The zero-order valence-corrected chi connectivity index (χ0v) is 15.2. The van der Waals surface area contributed by atoms with E-state index in [0.717, 1.165) is 10.4 Å². The average molecular weight is 396 g/mol. The molecule has 8 nitrogen and oxygen atoms in total. The van der Waals surface area contributed by atoms with E-state index in [9.17, 15) is 30.3 Å². The number of rotatable bonds is 6. The van der Waals surface area contributed by atoms with E-state index in [-0.39, 0.29) is 5.75 Å². The van der Waals surface area contributed by atoms with Gasteiger partial charge in [-0.25, -0.2) is 4.79 Å². The summed E-state index contributed by atoms with van der Waals surface area (Å²) in [6.45, 7) is -0.616. The van der Waals surface area contributed by atoms with Gasteiger partial charge in [-0.2, -0.15) is 0 Å². The molecule has 1 aliphatic carbocycles. The van der Waals surface area contributed by atoms with Gasteiger partial charge in [0.2, 0.25) is 6.29 Å². The van der Waals surface area contributed by atoms with E-state index in [1.54, 1.807) is 35.7 Å². The van der Waals surface area contributed by atoms with Crippen molar-refractivity contribution in [2.45, 2.75) is 24.1 Å². The van der Waals surface area contributed by atoms with Crippen molar-refractivity contribution in [3.05, 3.63) is 41.3 Å². The summed E-state index contributed by atoms with van der Waals surface area (Å²) in [6.07, 6.45) is -4.82. The predicted molar refractivity (Wildman–Crippen MR) is 95.3 cm³/mol. The molecule has 146 valence electrons. The molecule has 1 aromatic heterocycles. The standard InChI is InChI=1S/C18H20O8S/c1-25-16(22)10-6-13(27-8-10)9-2-4-11(5-3-9)26-17(23)18(24)12(7-19)14(20)15(18)21/h2-6,8,12,14-15,17,19-21,23-24H,7H2,1H3. The second-order valence-corrected chi connectivity index (χ2v) is 7.21. The summed E-state index contributed by atoms with van der Waals surface area (Å²) in [5.74, 6) is -1.33. The van der Waals surface area contributed by atoms with Crippen LogP contribution < -0.4 is 4.74 Å². The number of esters is 1. The largest absolute Gasteiger partial charge is 0.465 e. The minimum absolute atomic E-state index is 0.217.